The van der Waals surface area contributed by atoms with Crippen LogP contribution < -0.4 is 15.4 Å². The fourth-order valence-corrected chi connectivity index (χ4v) is 3.41. The number of hydrogen-bond acceptors (Lipinski definition) is 4. The van der Waals surface area contributed by atoms with Crippen molar-refractivity contribution in [2.75, 3.05) is 13.2 Å². The molecule has 0 aromatic heterocycles. The number of carbonyl (C=O) groups is 2. The molecule has 0 spiro atoms. The topological polar surface area (TPSA) is 76.7 Å². The SMILES string of the molecule is C[C@@H](NC(=O)[C@@H]1CC[C@@H](NC(=O)COc2ccc(Cl)cc2)CO1)c1ccc(Cl)cc1. The average molecular weight is 451 g/mol. The maximum absolute atomic E-state index is 12.5. The van der Waals surface area contributed by atoms with Crippen LogP contribution in [0.5, 0.6) is 5.75 Å². The molecule has 2 aromatic rings. The van der Waals surface area contributed by atoms with E-state index < -0.39 is 6.10 Å². The van der Waals surface area contributed by atoms with E-state index in [1.54, 1.807) is 36.4 Å². The molecule has 1 aliphatic heterocycles. The molecule has 2 N–H and O–H groups in total. The van der Waals surface area contributed by atoms with Gasteiger partial charge in [-0.3, -0.25) is 9.59 Å². The Kier molecular flexibility index (Phi) is 7.96. The van der Waals surface area contributed by atoms with E-state index in [0.717, 1.165) is 5.56 Å². The van der Waals surface area contributed by atoms with Gasteiger partial charge in [0.25, 0.3) is 5.91 Å². The van der Waals surface area contributed by atoms with Gasteiger partial charge in [0.05, 0.1) is 18.7 Å². The highest BCUT2D eigenvalue weighted by atomic mass is 35.5. The van der Waals surface area contributed by atoms with Crippen LogP contribution in [0.1, 0.15) is 31.4 Å². The fourth-order valence-electron chi connectivity index (χ4n) is 3.16. The fraction of sp³-hybridized carbons (Fsp3) is 0.364. The smallest absolute Gasteiger partial charge is 0.258 e. The Balaban J connectivity index is 1.38. The predicted octanol–water partition coefficient (Wildman–Crippen LogP) is 3.91. The molecular formula is C22H24Cl2N2O4. The van der Waals surface area contributed by atoms with Crippen LogP contribution in [0, 0.1) is 0 Å². The van der Waals surface area contributed by atoms with Crippen LogP contribution in [0.3, 0.4) is 0 Å². The molecule has 8 heteroatoms. The highest BCUT2D eigenvalue weighted by molar-refractivity contribution is 6.30. The van der Waals surface area contributed by atoms with E-state index in [-0.39, 0.29) is 37.1 Å². The largest absolute Gasteiger partial charge is 0.484 e. The third-order valence-corrected chi connectivity index (χ3v) is 5.35. The number of carbonyl (C=O) groups excluding carboxylic acids is 2. The summed E-state index contributed by atoms with van der Waals surface area (Å²) in [7, 11) is 0. The van der Waals surface area contributed by atoms with Crippen LogP contribution in [-0.4, -0.2) is 37.2 Å². The second-order valence-electron chi connectivity index (χ2n) is 7.19. The van der Waals surface area contributed by atoms with Crippen LogP contribution >= 0.6 is 23.2 Å². The minimum Gasteiger partial charge on any atom is -0.484 e. The number of rotatable bonds is 7. The molecule has 160 valence electrons. The van der Waals surface area contributed by atoms with E-state index in [1.165, 1.54) is 0 Å². The predicted molar refractivity (Wildman–Crippen MR) is 116 cm³/mol. The van der Waals surface area contributed by atoms with Gasteiger partial charge in [-0.2, -0.15) is 0 Å². The number of ether oxygens (including phenoxy) is 2. The molecule has 30 heavy (non-hydrogen) atoms. The lowest BCUT2D eigenvalue weighted by Gasteiger charge is -2.29. The maximum atomic E-state index is 12.5. The van der Waals surface area contributed by atoms with Gasteiger partial charge in [0.2, 0.25) is 5.91 Å². The van der Waals surface area contributed by atoms with E-state index in [1.807, 2.05) is 19.1 Å². The Morgan fingerprint density at radius 1 is 1.07 bits per heavy atom. The Morgan fingerprint density at radius 3 is 2.30 bits per heavy atom. The summed E-state index contributed by atoms with van der Waals surface area (Å²) in [5.41, 5.74) is 0.967. The van der Waals surface area contributed by atoms with Crippen molar-refractivity contribution in [3.63, 3.8) is 0 Å². The Morgan fingerprint density at radius 2 is 1.70 bits per heavy atom. The van der Waals surface area contributed by atoms with Gasteiger partial charge in [-0.15, -0.1) is 0 Å². The first-order chi connectivity index (χ1) is 14.4. The molecule has 0 unspecified atom stereocenters. The van der Waals surface area contributed by atoms with Gasteiger partial charge in [-0.05, 0) is 61.7 Å². The minimum atomic E-state index is -0.529. The normalized spacial score (nSPS) is 19.6. The van der Waals surface area contributed by atoms with Crippen molar-refractivity contribution in [3.8, 4) is 5.75 Å². The zero-order valence-corrected chi connectivity index (χ0v) is 18.1. The number of halogens is 2. The Bertz CT molecular complexity index is 850. The first-order valence-corrected chi connectivity index (χ1v) is 10.5. The molecule has 0 bridgehead atoms. The lowest BCUT2D eigenvalue weighted by atomic mass is 10.0. The lowest BCUT2D eigenvalue weighted by molar-refractivity contribution is -0.138. The summed E-state index contributed by atoms with van der Waals surface area (Å²) in [5.74, 6) is 0.173. The number of hydrogen-bond donors (Lipinski definition) is 2. The maximum Gasteiger partial charge on any atom is 0.258 e. The van der Waals surface area contributed by atoms with Gasteiger partial charge in [0, 0.05) is 10.0 Å². The van der Waals surface area contributed by atoms with Crippen molar-refractivity contribution < 1.29 is 19.1 Å². The van der Waals surface area contributed by atoms with Gasteiger partial charge < -0.3 is 20.1 Å². The first kappa shape index (κ1) is 22.4. The third-order valence-electron chi connectivity index (χ3n) is 4.85. The molecular weight excluding hydrogens is 427 g/mol. The molecule has 1 aliphatic rings. The van der Waals surface area contributed by atoms with Crippen molar-refractivity contribution in [3.05, 3.63) is 64.1 Å². The summed E-state index contributed by atoms with van der Waals surface area (Å²) < 4.78 is 11.1. The van der Waals surface area contributed by atoms with Crippen molar-refractivity contribution in [1.82, 2.24) is 10.6 Å². The minimum absolute atomic E-state index is 0.0966. The molecule has 3 atom stereocenters. The van der Waals surface area contributed by atoms with E-state index in [0.29, 0.717) is 28.6 Å². The van der Waals surface area contributed by atoms with E-state index in [4.69, 9.17) is 32.7 Å². The van der Waals surface area contributed by atoms with E-state index in [9.17, 15) is 9.59 Å². The van der Waals surface area contributed by atoms with E-state index >= 15 is 0 Å². The summed E-state index contributed by atoms with van der Waals surface area (Å²) in [6, 6.07) is 13.8. The summed E-state index contributed by atoms with van der Waals surface area (Å²) in [4.78, 5) is 24.6. The van der Waals surface area contributed by atoms with Crippen LogP contribution in [0.15, 0.2) is 48.5 Å². The van der Waals surface area contributed by atoms with E-state index in [2.05, 4.69) is 10.6 Å². The standard InChI is InChI=1S/C22H24Cl2N2O4/c1-14(15-2-4-16(23)5-3-15)25-22(28)20-11-8-18(12-30-20)26-21(27)13-29-19-9-6-17(24)7-10-19/h2-7,9-10,14,18,20H,8,11-13H2,1H3,(H,25,28)(H,26,27)/t14-,18-,20+/m1/s1. The van der Waals surface area contributed by atoms with Crippen molar-refractivity contribution in [2.24, 2.45) is 0 Å². The Hall–Kier alpha value is -2.28. The second-order valence-corrected chi connectivity index (χ2v) is 8.06. The van der Waals surface area contributed by atoms with Crippen LogP contribution in [0.25, 0.3) is 0 Å². The van der Waals surface area contributed by atoms with Gasteiger partial charge >= 0.3 is 0 Å². The summed E-state index contributed by atoms with van der Waals surface area (Å²) >= 11 is 11.7. The molecule has 0 aliphatic carbocycles. The summed E-state index contributed by atoms with van der Waals surface area (Å²) in [6.07, 6.45) is 0.653. The molecule has 2 aromatic carbocycles. The second kappa shape index (κ2) is 10.7. The molecule has 1 fully saturated rings. The number of benzene rings is 2. The highest BCUT2D eigenvalue weighted by Gasteiger charge is 2.28. The van der Waals surface area contributed by atoms with Crippen molar-refractivity contribution in [2.45, 2.75) is 38.0 Å². The lowest BCUT2D eigenvalue weighted by Crippen LogP contribution is -2.48. The van der Waals surface area contributed by atoms with Crippen LogP contribution in [0.2, 0.25) is 10.0 Å². The van der Waals surface area contributed by atoms with Gasteiger partial charge in [0.15, 0.2) is 6.61 Å². The molecule has 0 saturated carbocycles. The quantitative estimate of drug-likeness (QED) is 0.670. The number of amides is 2. The van der Waals surface area contributed by atoms with Crippen molar-refractivity contribution >= 4 is 35.0 Å². The first-order valence-electron chi connectivity index (χ1n) is 9.76. The molecule has 1 heterocycles. The highest BCUT2D eigenvalue weighted by Crippen LogP contribution is 2.19. The monoisotopic (exact) mass is 450 g/mol. The van der Waals surface area contributed by atoms with Crippen LogP contribution in [0.4, 0.5) is 0 Å². The molecule has 3 rings (SSSR count). The zero-order chi connectivity index (χ0) is 21.5. The zero-order valence-electron chi connectivity index (χ0n) is 16.6. The summed E-state index contributed by atoms with van der Waals surface area (Å²) in [6.45, 7) is 2.09. The van der Waals surface area contributed by atoms with Gasteiger partial charge in [0.1, 0.15) is 11.9 Å². The Labute approximate surface area is 185 Å². The van der Waals surface area contributed by atoms with Gasteiger partial charge in [-0.1, -0.05) is 35.3 Å². The average Bonchev–Trinajstić information content (AvgIpc) is 2.74. The summed E-state index contributed by atoms with van der Waals surface area (Å²) in [5, 5.41) is 7.09. The molecule has 0 radical (unpaired) electrons. The third kappa shape index (κ3) is 6.62. The van der Waals surface area contributed by atoms with Crippen molar-refractivity contribution in [1.29, 1.82) is 0 Å². The van der Waals surface area contributed by atoms with Gasteiger partial charge in [-0.25, -0.2) is 0 Å². The molecule has 2 amide bonds. The molecule has 1 saturated heterocycles. The number of nitrogens with one attached hydrogen (secondary N) is 2. The molecule has 6 nitrogen and oxygen atoms in total. The van der Waals surface area contributed by atoms with Crippen LogP contribution in [-0.2, 0) is 14.3 Å².